The van der Waals surface area contributed by atoms with E-state index < -0.39 is 0 Å². The van der Waals surface area contributed by atoms with Gasteiger partial charge in [0, 0.05) is 10.2 Å². The van der Waals surface area contributed by atoms with Gasteiger partial charge in [-0.05, 0) is 38.9 Å². The second kappa shape index (κ2) is 3.96. The normalized spacial score (nSPS) is 11.6. The Hall–Kier alpha value is -0.763. The third-order valence-corrected chi connectivity index (χ3v) is 2.57. The van der Waals surface area contributed by atoms with E-state index in [-0.39, 0.29) is 5.60 Å². The highest BCUT2D eigenvalue weighted by atomic mass is 28.1. The number of hydrogen-bond acceptors (Lipinski definition) is 1. The fourth-order valence-corrected chi connectivity index (χ4v) is 1.62. The topological polar surface area (TPSA) is 9.23 Å². The Morgan fingerprint density at radius 3 is 2.08 bits per heavy atom. The lowest BCUT2D eigenvalue weighted by Gasteiger charge is -2.21. The van der Waals surface area contributed by atoms with Crippen LogP contribution in [-0.4, -0.2) is 15.8 Å². The van der Waals surface area contributed by atoms with Crippen LogP contribution in [0.5, 0.6) is 5.75 Å². The Kier molecular flexibility index (Phi) is 3.15. The molecule has 0 saturated carbocycles. The molecule has 0 bridgehead atoms. The van der Waals surface area contributed by atoms with Gasteiger partial charge < -0.3 is 4.74 Å². The molecule has 0 spiro atoms. The fraction of sp³-hybridized carbons (Fsp3) is 0.455. The molecule has 13 heavy (non-hydrogen) atoms. The van der Waals surface area contributed by atoms with Gasteiger partial charge in [0.25, 0.3) is 0 Å². The lowest BCUT2D eigenvalue weighted by atomic mass is 10.2. The first-order valence-electron chi connectivity index (χ1n) is 4.79. The zero-order valence-corrected chi connectivity index (χ0v) is 10.9. The predicted molar refractivity (Wildman–Crippen MR) is 60.5 cm³/mol. The molecule has 0 unspecified atom stereocenters. The van der Waals surface area contributed by atoms with E-state index in [1.807, 2.05) is 0 Å². The average molecular weight is 194 g/mol. The molecule has 0 radical (unpaired) electrons. The van der Waals surface area contributed by atoms with Crippen molar-refractivity contribution in [2.75, 3.05) is 0 Å². The molecule has 0 fully saturated rings. The van der Waals surface area contributed by atoms with Crippen molar-refractivity contribution >= 4 is 10.2 Å². The minimum atomic E-state index is -0.0948. The van der Waals surface area contributed by atoms with Gasteiger partial charge in [0.15, 0.2) is 0 Å². The maximum absolute atomic E-state index is 5.71. The molecule has 1 nitrogen and oxygen atoms in total. The highest BCUT2D eigenvalue weighted by Crippen LogP contribution is 2.18. The summed E-state index contributed by atoms with van der Waals surface area (Å²) in [6, 6.07) is 9.62. The number of ether oxygens (including phenoxy) is 1. The van der Waals surface area contributed by atoms with Gasteiger partial charge in [-0.15, -0.1) is 0 Å². The average Bonchev–Trinajstić information content (AvgIpc) is 2.03. The maximum Gasteiger partial charge on any atom is 0.120 e. The molecular weight excluding hydrogens is 176 g/mol. The minimum absolute atomic E-state index is 0.0948. The quantitative estimate of drug-likeness (QED) is 0.652. The number of rotatable bonds is 2. The van der Waals surface area contributed by atoms with Crippen molar-refractivity contribution in [2.24, 2.45) is 0 Å². The maximum atomic E-state index is 5.71. The molecule has 0 aliphatic heterocycles. The van der Waals surface area contributed by atoms with Crippen LogP contribution in [0.2, 0.25) is 0 Å². The second-order valence-electron chi connectivity index (χ2n) is 4.21. The zero-order chi connectivity index (χ0) is 9.90. The van der Waals surface area contributed by atoms with Crippen LogP contribution in [0.4, 0.5) is 0 Å². The predicted octanol–water partition coefficient (Wildman–Crippen LogP) is 1.73. The van der Waals surface area contributed by atoms with Gasteiger partial charge in [-0.2, -0.15) is 0 Å². The van der Waals surface area contributed by atoms with E-state index in [0.717, 1.165) is 5.75 Å². The summed E-state index contributed by atoms with van der Waals surface area (Å²) in [4.78, 5) is 0. The Balaban J connectivity index is 2.70. The number of hydrogen-bond donors (Lipinski definition) is 0. The summed E-state index contributed by atoms with van der Waals surface area (Å²) in [6.07, 6.45) is 0. The minimum Gasteiger partial charge on any atom is -0.488 e. The van der Waals surface area contributed by atoms with E-state index >= 15 is 0 Å². The van der Waals surface area contributed by atoms with Crippen molar-refractivity contribution in [2.45, 2.75) is 32.4 Å². The summed E-state index contributed by atoms with van der Waals surface area (Å²) in [7, 11) is 1.23. The van der Waals surface area contributed by atoms with Crippen LogP contribution in [0.15, 0.2) is 24.3 Å². The first kappa shape index (κ1) is 10.3. The molecule has 0 aliphatic carbocycles. The lowest BCUT2D eigenvalue weighted by Crippen LogP contribution is -2.22. The smallest absolute Gasteiger partial charge is 0.120 e. The van der Waals surface area contributed by atoms with Crippen LogP contribution < -0.4 is 4.74 Å². The van der Waals surface area contributed by atoms with Gasteiger partial charge in [-0.1, -0.05) is 17.7 Å². The standard InChI is InChI=1S/C11H18OSi/c1-11(2,3)12-10-6-4-9(8-13)5-7-10/h4-7H,8H2,1-3,13H3. The van der Waals surface area contributed by atoms with Crippen LogP contribution in [-0.2, 0) is 6.04 Å². The van der Waals surface area contributed by atoms with E-state index in [4.69, 9.17) is 4.74 Å². The van der Waals surface area contributed by atoms with Gasteiger partial charge in [0.1, 0.15) is 11.4 Å². The Morgan fingerprint density at radius 2 is 1.69 bits per heavy atom. The van der Waals surface area contributed by atoms with E-state index in [0.29, 0.717) is 0 Å². The van der Waals surface area contributed by atoms with Gasteiger partial charge in [0.05, 0.1) is 0 Å². The number of benzene rings is 1. The molecule has 0 heterocycles. The molecule has 0 saturated heterocycles. The van der Waals surface area contributed by atoms with E-state index in [1.165, 1.54) is 21.9 Å². The van der Waals surface area contributed by atoms with E-state index in [1.54, 1.807) is 0 Å². The third-order valence-electron chi connectivity index (χ3n) is 1.76. The summed E-state index contributed by atoms with van der Waals surface area (Å²) in [6.45, 7) is 6.19. The molecular formula is C11H18OSi. The van der Waals surface area contributed by atoms with E-state index in [9.17, 15) is 0 Å². The van der Waals surface area contributed by atoms with Gasteiger partial charge in [0.2, 0.25) is 0 Å². The van der Waals surface area contributed by atoms with Gasteiger partial charge in [-0.3, -0.25) is 0 Å². The molecule has 0 N–H and O–H groups in total. The fourth-order valence-electron chi connectivity index (χ4n) is 1.15. The van der Waals surface area contributed by atoms with Crippen molar-refractivity contribution in [1.82, 2.24) is 0 Å². The molecule has 0 atom stereocenters. The summed E-state index contributed by atoms with van der Waals surface area (Å²) in [5.41, 5.74) is 1.32. The van der Waals surface area contributed by atoms with Gasteiger partial charge >= 0.3 is 0 Å². The molecule has 1 aromatic rings. The Bertz CT molecular complexity index is 258. The van der Waals surface area contributed by atoms with Crippen LogP contribution >= 0.6 is 0 Å². The largest absolute Gasteiger partial charge is 0.488 e. The summed E-state index contributed by atoms with van der Waals surface area (Å²) >= 11 is 0. The molecule has 0 amide bonds. The first-order chi connectivity index (χ1) is 6.01. The second-order valence-corrected chi connectivity index (χ2v) is 4.92. The van der Waals surface area contributed by atoms with Crippen molar-refractivity contribution in [3.63, 3.8) is 0 Å². The third kappa shape index (κ3) is 3.64. The Morgan fingerprint density at radius 1 is 1.15 bits per heavy atom. The van der Waals surface area contributed by atoms with Crippen molar-refractivity contribution in [3.05, 3.63) is 29.8 Å². The SMILES string of the molecule is CC(C)(C)Oc1ccc(C[SiH3])cc1. The Labute approximate surface area is 83.5 Å². The molecule has 1 rings (SSSR count). The van der Waals surface area contributed by atoms with Crippen molar-refractivity contribution in [1.29, 1.82) is 0 Å². The van der Waals surface area contributed by atoms with Crippen LogP contribution in [0, 0.1) is 0 Å². The summed E-state index contributed by atoms with van der Waals surface area (Å²) in [5, 5.41) is 0. The zero-order valence-electron chi connectivity index (χ0n) is 8.92. The highest BCUT2D eigenvalue weighted by molar-refractivity contribution is 6.08. The lowest BCUT2D eigenvalue weighted by molar-refractivity contribution is 0.131. The monoisotopic (exact) mass is 194 g/mol. The highest BCUT2D eigenvalue weighted by Gasteiger charge is 2.10. The van der Waals surface area contributed by atoms with E-state index in [2.05, 4.69) is 45.0 Å². The van der Waals surface area contributed by atoms with Crippen molar-refractivity contribution in [3.8, 4) is 5.75 Å². The van der Waals surface area contributed by atoms with Crippen molar-refractivity contribution < 1.29 is 4.74 Å². The molecule has 0 aromatic heterocycles. The summed E-state index contributed by atoms with van der Waals surface area (Å²) in [5.74, 6) is 0.964. The van der Waals surface area contributed by atoms with Gasteiger partial charge in [-0.25, -0.2) is 0 Å². The summed E-state index contributed by atoms with van der Waals surface area (Å²) < 4.78 is 5.71. The first-order valence-corrected chi connectivity index (χ1v) is 6.20. The molecule has 0 aliphatic rings. The van der Waals surface area contributed by atoms with Crippen LogP contribution in [0.3, 0.4) is 0 Å². The van der Waals surface area contributed by atoms with Crippen LogP contribution in [0.25, 0.3) is 0 Å². The molecule has 2 heteroatoms. The molecule has 1 aromatic carbocycles. The van der Waals surface area contributed by atoms with Crippen LogP contribution in [0.1, 0.15) is 26.3 Å². The molecule has 72 valence electrons.